The van der Waals surface area contributed by atoms with E-state index in [0.29, 0.717) is 54.1 Å². The molecule has 0 aliphatic carbocycles. The number of hydrogen-bond donors (Lipinski definition) is 3. The van der Waals surface area contributed by atoms with Crippen LogP contribution < -0.4 is 15.7 Å². The van der Waals surface area contributed by atoms with Crippen molar-refractivity contribution in [1.29, 1.82) is 0 Å². The van der Waals surface area contributed by atoms with E-state index in [0.717, 1.165) is 5.56 Å². The van der Waals surface area contributed by atoms with Gasteiger partial charge in [-0.15, -0.1) is 0 Å². The SMILES string of the molecule is CC(C)c1nccc(CCCO)c1OC(=O)N1CCNC(C)C1c1nc(=O)[nH]c2ncccc12. The number of hydrogen-bond acceptors (Lipinski definition) is 8. The van der Waals surface area contributed by atoms with Crippen molar-refractivity contribution in [3.63, 3.8) is 0 Å². The lowest BCUT2D eigenvalue weighted by atomic mass is 9.99. The fourth-order valence-corrected chi connectivity index (χ4v) is 4.41. The van der Waals surface area contributed by atoms with Crippen LogP contribution in [0.1, 0.15) is 56.1 Å². The van der Waals surface area contributed by atoms with Crippen LogP contribution in [0.4, 0.5) is 4.79 Å². The smallest absolute Gasteiger partial charge is 0.408 e. The second-order valence-electron chi connectivity index (χ2n) is 8.74. The highest BCUT2D eigenvalue weighted by Crippen LogP contribution is 2.33. The van der Waals surface area contributed by atoms with E-state index in [1.165, 1.54) is 0 Å². The van der Waals surface area contributed by atoms with Crippen molar-refractivity contribution >= 4 is 17.1 Å². The third-order valence-electron chi connectivity index (χ3n) is 6.03. The number of rotatable bonds is 6. The lowest BCUT2D eigenvalue weighted by Crippen LogP contribution is -2.54. The zero-order valence-corrected chi connectivity index (χ0v) is 19.6. The second kappa shape index (κ2) is 10.3. The van der Waals surface area contributed by atoms with E-state index in [2.05, 4.69) is 25.3 Å². The molecular formula is C24H30N6O4. The number of nitrogens with zero attached hydrogens (tertiary/aromatic N) is 4. The molecule has 3 aromatic rings. The maximum atomic E-state index is 13.6. The van der Waals surface area contributed by atoms with Crippen LogP contribution in [-0.4, -0.2) is 61.8 Å². The van der Waals surface area contributed by atoms with Crippen LogP contribution in [-0.2, 0) is 6.42 Å². The summed E-state index contributed by atoms with van der Waals surface area (Å²) in [7, 11) is 0. The predicted octanol–water partition coefficient (Wildman–Crippen LogP) is 2.30. The van der Waals surface area contributed by atoms with Crippen molar-refractivity contribution in [2.45, 2.75) is 51.6 Å². The first-order valence-corrected chi connectivity index (χ1v) is 11.6. The Morgan fingerprint density at radius 1 is 1.29 bits per heavy atom. The van der Waals surface area contributed by atoms with Crippen LogP contribution >= 0.6 is 0 Å². The minimum Gasteiger partial charge on any atom is -0.408 e. The number of aromatic amines is 1. The van der Waals surface area contributed by atoms with Crippen LogP contribution in [0.3, 0.4) is 0 Å². The quantitative estimate of drug-likeness (QED) is 0.504. The molecule has 0 saturated carbocycles. The fraction of sp³-hybridized carbons (Fsp3) is 0.458. The molecule has 3 aromatic heterocycles. The Bertz CT molecular complexity index is 1230. The topological polar surface area (TPSA) is 133 Å². The monoisotopic (exact) mass is 466 g/mol. The maximum absolute atomic E-state index is 13.6. The summed E-state index contributed by atoms with van der Waals surface area (Å²) in [6.45, 7) is 6.93. The van der Waals surface area contributed by atoms with Gasteiger partial charge in [0.05, 0.1) is 17.4 Å². The summed E-state index contributed by atoms with van der Waals surface area (Å²) >= 11 is 0. The third-order valence-corrected chi connectivity index (χ3v) is 6.03. The molecule has 0 radical (unpaired) electrons. The molecule has 3 N–H and O–H groups in total. The highest BCUT2D eigenvalue weighted by molar-refractivity contribution is 5.79. The van der Waals surface area contributed by atoms with Crippen LogP contribution in [0.2, 0.25) is 0 Å². The summed E-state index contributed by atoms with van der Waals surface area (Å²) in [5.41, 5.74) is 1.88. The highest BCUT2D eigenvalue weighted by Gasteiger charge is 2.37. The highest BCUT2D eigenvalue weighted by atomic mass is 16.6. The standard InChI is InChI=1S/C24H30N6O4/c1-14(2)18-21(16(6-5-13-31)8-10-26-18)34-24(33)30-12-11-25-15(3)20(30)19-17-7-4-9-27-22(17)29-23(32)28-19/h4,7-10,14-15,20,25,31H,5-6,11-13H2,1-3H3,(H,27,28,29,32). The van der Waals surface area contributed by atoms with Gasteiger partial charge in [-0.25, -0.2) is 14.6 Å². The van der Waals surface area contributed by atoms with Gasteiger partial charge < -0.3 is 15.2 Å². The molecule has 0 aromatic carbocycles. The molecule has 4 heterocycles. The van der Waals surface area contributed by atoms with Gasteiger partial charge in [-0.2, -0.15) is 4.98 Å². The molecule has 1 fully saturated rings. The number of amides is 1. The Morgan fingerprint density at radius 3 is 2.88 bits per heavy atom. The molecular weight excluding hydrogens is 436 g/mol. The molecule has 0 spiro atoms. The van der Waals surface area contributed by atoms with Crippen LogP contribution in [0.25, 0.3) is 11.0 Å². The molecule has 180 valence electrons. The Hall–Kier alpha value is -3.37. The van der Waals surface area contributed by atoms with Crippen molar-refractivity contribution in [1.82, 2.24) is 30.2 Å². The largest absolute Gasteiger partial charge is 0.415 e. The number of pyridine rings is 2. The molecule has 1 saturated heterocycles. The van der Waals surface area contributed by atoms with Crippen LogP contribution in [0.5, 0.6) is 5.75 Å². The van der Waals surface area contributed by atoms with E-state index in [1.54, 1.807) is 23.4 Å². The molecule has 2 unspecified atom stereocenters. The first kappa shape index (κ1) is 23.8. The van der Waals surface area contributed by atoms with Crippen LogP contribution in [0, 0.1) is 0 Å². The van der Waals surface area contributed by atoms with Gasteiger partial charge in [0.2, 0.25) is 0 Å². The molecule has 0 bridgehead atoms. The number of nitrogens with one attached hydrogen (secondary N) is 2. The zero-order valence-electron chi connectivity index (χ0n) is 19.6. The van der Waals surface area contributed by atoms with Crippen molar-refractivity contribution in [3.8, 4) is 5.75 Å². The Labute approximate surface area is 197 Å². The summed E-state index contributed by atoms with van der Waals surface area (Å²) in [5, 5.41) is 13.3. The number of aromatic nitrogens is 4. The van der Waals surface area contributed by atoms with E-state index in [9.17, 15) is 14.7 Å². The molecule has 10 heteroatoms. The summed E-state index contributed by atoms with van der Waals surface area (Å²) in [4.78, 5) is 43.1. The number of carbonyl (C=O) groups excluding carboxylic acids is 1. The lowest BCUT2D eigenvalue weighted by Gasteiger charge is -2.39. The normalized spacial score (nSPS) is 18.4. The number of aliphatic hydroxyl groups excluding tert-OH is 1. The fourth-order valence-electron chi connectivity index (χ4n) is 4.41. The minimum absolute atomic E-state index is 0.0407. The van der Waals surface area contributed by atoms with Crippen LogP contribution in [0.15, 0.2) is 35.4 Å². The maximum Gasteiger partial charge on any atom is 0.415 e. The van der Waals surface area contributed by atoms with E-state index in [4.69, 9.17) is 4.74 Å². The van der Waals surface area contributed by atoms with E-state index in [1.807, 2.05) is 32.9 Å². The van der Waals surface area contributed by atoms with Crippen molar-refractivity contribution in [3.05, 3.63) is 58.0 Å². The van der Waals surface area contributed by atoms with Gasteiger partial charge in [0.1, 0.15) is 5.65 Å². The van der Waals surface area contributed by atoms with Gasteiger partial charge in [0, 0.05) is 43.5 Å². The molecule has 2 atom stereocenters. The van der Waals surface area contributed by atoms with Gasteiger partial charge >= 0.3 is 11.8 Å². The van der Waals surface area contributed by atoms with Gasteiger partial charge in [-0.1, -0.05) is 13.8 Å². The molecule has 1 aliphatic heterocycles. The van der Waals surface area contributed by atoms with Gasteiger partial charge in [0.15, 0.2) is 5.75 Å². The van der Waals surface area contributed by atoms with Crippen molar-refractivity contribution < 1.29 is 14.6 Å². The molecule has 1 amide bonds. The third kappa shape index (κ3) is 4.78. The first-order valence-electron chi connectivity index (χ1n) is 11.6. The lowest BCUT2D eigenvalue weighted by molar-refractivity contribution is 0.100. The number of aryl methyl sites for hydroxylation is 1. The average Bonchev–Trinajstić information content (AvgIpc) is 2.82. The van der Waals surface area contributed by atoms with Crippen molar-refractivity contribution in [2.24, 2.45) is 0 Å². The Balaban J connectivity index is 1.73. The number of aliphatic hydroxyl groups is 1. The summed E-state index contributed by atoms with van der Waals surface area (Å²) in [5.74, 6) is 0.477. The summed E-state index contributed by atoms with van der Waals surface area (Å²) in [6.07, 6.45) is 3.89. The summed E-state index contributed by atoms with van der Waals surface area (Å²) < 4.78 is 6.00. The van der Waals surface area contributed by atoms with E-state index in [-0.39, 0.29) is 18.6 Å². The number of H-pyrrole nitrogens is 1. The first-order chi connectivity index (χ1) is 16.4. The van der Waals surface area contributed by atoms with E-state index < -0.39 is 17.8 Å². The Morgan fingerprint density at radius 2 is 2.12 bits per heavy atom. The number of piperazine rings is 1. The Kier molecular flexibility index (Phi) is 7.18. The molecule has 10 nitrogen and oxygen atoms in total. The van der Waals surface area contributed by atoms with Gasteiger partial charge in [-0.05, 0) is 49.4 Å². The number of fused-ring (bicyclic) bond motifs is 1. The number of carbonyl (C=O) groups is 1. The van der Waals surface area contributed by atoms with Gasteiger partial charge in [0.25, 0.3) is 0 Å². The van der Waals surface area contributed by atoms with E-state index >= 15 is 0 Å². The molecule has 34 heavy (non-hydrogen) atoms. The molecule has 4 rings (SSSR count). The average molecular weight is 467 g/mol. The number of ether oxygens (including phenoxy) is 1. The summed E-state index contributed by atoms with van der Waals surface area (Å²) in [6, 6.07) is 4.71. The predicted molar refractivity (Wildman–Crippen MR) is 127 cm³/mol. The van der Waals surface area contributed by atoms with Crippen molar-refractivity contribution in [2.75, 3.05) is 19.7 Å². The molecule has 1 aliphatic rings. The van der Waals surface area contributed by atoms with Gasteiger partial charge in [-0.3, -0.25) is 14.9 Å². The zero-order chi connectivity index (χ0) is 24.2. The minimum atomic E-state index is -0.532. The second-order valence-corrected chi connectivity index (χ2v) is 8.74.